The number of hydrogen-bond donors (Lipinski definition) is 3. The molecule has 5 aliphatic carbocycles. The Labute approximate surface area is 194 Å². The number of amides is 2. The lowest BCUT2D eigenvalue weighted by molar-refractivity contribution is -0.124. The molecule has 5 saturated carbocycles. The quantitative estimate of drug-likeness (QED) is 0.644. The van der Waals surface area contributed by atoms with Gasteiger partial charge in [-0.25, -0.2) is 4.98 Å². The number of pyridine rings is 1. The van der Waals surface area contributed by atoms with Gasteiger partial charge in [0.15, 0.2) is 0 Å². The van der Waals surface area contributed by atoms with E-state index < -0.39 is 6.10 Å². The molecule has 2 aromatic rings. The molecule has 0 radical (unpaired) electrons. The Kier molecular flexibility index (Phi) is 5.20. The van der Waals surface area contributed by atoms with Crippen LogP contribution in [-0.4, -0.2) is 38.5 Å². The second-order valence-corrected chi connectivity index (χ2v) is 11.3. The van der Waals surface area contributed by atoms with Gasteiger partial charge < -0.3 is 15.7 Å². The zero-order valence-corrected chi connectivity index (χ0v) is 19.1. The van der Waals surface area contributed by atoms with E-state index >= 15 is 0 Å². The largest absolute Gasteiger partial charge is 0.391 e. The molecule has 5 aliphatic rings. The predicted octanol–water partition coefficient (Wildman–Crippen LogP) is 3.91. The number of aliphatic hydroxyl groups is 1. The molecule has 2 heterocycles. The highest BCUT2D eigenvalue weighted by Gasteiger charge is 2.51. The van der Waals surface area contributed by atoms with Crippen molar-refractivity contribution in [3.63, 3.8) is 0 Å². The van der Waals surface area contributed by atoms with E-state index in [1.807, 2.05) is 18.2 Å². The molecular formula is C26H34N4O3. The summed E-state index contributed by atoms with van der Waals surface area (Å²) in [6, 6.07) is 5.32. The van der Waals surface area contributed by atoms with Gasteiger partial charge in [-0.05, 0) is 86.7 Å². The van der Waals surface area contributed by atoms with E-state index in [4.69, 9.17) is 0 Å². The Morgan fingerprint density at radius 3 is 2.45 bits per heavy atom. The number of hydrogen-bond acceptors (Lipinski definition) is 4. The first-order valence-corrected chi connectivity index (χ1v) is 12.7. The molecule has 0 saturated heterocycles. The zero-order valence-electron chi connectivity index (χ0n) is 19.1. The van der Waals surface area contributed by atoms with Crippen molar-refractivity contribution in [3.8, 4) is 0 Å². The minimum absolute atomic E-state index is 0.0643. The standard InChI is InChI=1S/C26H34N4O3/c31-21-5-2-1-4-19(21)28-25(33)20-15-30-22(27-20)6-3-7-23(30)29-24(32)14-26-11-16-8-17(12-26)10-18(9-16)13-26/h3,6-7,15-19,21,31H,1-2,4-5,8-14H2,(H,28,33)(H,29,32). The molecule has 0 spiro atoms. The average Bonchev–Trinajstić information content (AvgIpc) is 3.19. The Morgan fingerprint density at radius 1 is 1.06 bits per heavy atom. The monoisotopic (exact) mass is 450 g/mol. The van der Waals surface area contributed by atoms with Gasteiger partial charge in [-0.1, -0.05) is 18.9 Å². The Morgan fingerprint density at radius 2 is 1.76 bits per heavy atom. The first-order valence-electron chi connectivity index (χ1n) is 12.7. The maximum Gasteiger partial charge on any atom is 0.271 e. The van der Waals surface area contributed by atoms with Crippen molar-refractivity contribution < 1.29 is 14.7 Å². The minimum atomic E-state index is -0.501. The van der Waals surface area contributed by atoms with Crippen molar-refractivity contribution in [3.05, 3.63) is 30.1 Å². The van der Waals surface area contributed by atoms with E-state index in [1.54, 1.807) is 10.6 Å². The fraction of sp³-hybridized carbons (Fsp3) is 0.654. The molecule has 7 rings (SSSR count). The first kappa shape index (κ1) is 21.1. The van der Waals surface area contributed by atoms with Crippen LogP contribution in [0.15, 0.2) is 24.4 Å². The van der Waals surface area contributed by atoms with Crippen molar-refractivity contribution >= 4 is 23.3 Å². The molecule has 2 aromatic heterocycles. The Balaban J connectivity index is 1.16. The normalized spacial score (nSPS) is 35.0. The van der Waals surface area contributed by atoms with E-state index in [0.717, 1.165) is 43.4 Å². The molecule has 2 unspecified atom stereocenters. The summed E-state index contributed by atoms with van der Waals surface area (Å²) in [6.07, 6.45) is 13.0. The van der Waals surface area contributed by atoms with Crippen LogP contribution in [0.25, 0.3) is 5.65 Å². The van der Waals surface area contributed by atoms with E-state index in [-0.39, 0.29) is 23.3 Å². The maximum atomic E-state index is 13.1. The summed E-state index contributed by atoms with van der Waals surface area (Å²) in [5, 5.41) is 16.2. The molecule has 5 fully saturated rings. The lowest BCUT2D eigenvalue weighted by Gasteiger charge is -2.56. The van der Waals surface area contributed by atoms with Gasteiger partial charge in [0.05, 0.1) is 12.1 Å². The van der Waals surface area contributed by atoms with Gasteiger partial charge in [-0.15, -0.1) is 0 Å². The summed E-state index contributed by atoms with van der Waals surface area (Å²) in [5.74, 6) is 2.90. The number of nitrogens with zero attached hydrogens (tertiary/aromatic N) is 2. The molecule has 3 N–H and O–H groups in total. The number of aromatic nitrogens is 2. The van der Waals surface area contributed by atoms with E-state index in [2.05, 4.69) is 15.6 Å². The number of imidazole rings is 1. The van der Waals surface area contributed by atoms with Crippen LogP contribution in [0, 0.1) is 23.2 Å². The summed E-state index contributed by atoms with van der Waals surface area (Å²) in [5.41, 5.74) is 1.11. The predicted molar refractivity (Wildman–Crippen MR) is 125 cm³/mol. The molecule has 2 atom stereocenters. The van der Waals surface area contributed by atoms with Gasteiger partial charge in [0.2, 0.25) is 5.91 Å². The van der Waals surface area contributed by atoms with Crippen LogP contribution in [0.2, 0.25) is 0 Å². The van der Waals surface area contributed by atoms with Crippen molar-refractivity contribution in [2.75, 3.05) is 5.32 Å². The summed E-state index contributed by atoms with van der Waals surface area (Å²) >= 11 is 0. The topological polar surface area (TPSA) is 95.7 Å². The van der Waals surface area contributed by atoms with Gasteiger partial charge in [0, 0.05) is 12.6 Å². The summed E-state index contributed by atoms with van der Waals surface area (Å²) in [4.78, 5) is 30.4. The lowest BCUT2D eigenvalue weighted by atomic mass is 9.49. The van der Waals surface area contributed by atoms with Gasteiger partial charge in [0.1, 0.15) is 17.2 Å². The molecule has 4 bridgehead atoms. The third-order valence-corrected chi connectivity index (χ3v) is 8.74. The highest BCUT2D eigenvalue weighted by molar-refractivity contribution is 5.94. The van der Waals surface area contributed by atoms with Crippen LogP contribution in [-0.2, 0) is 4.79 Å². The van der Waals surface area contributed by atoms with Gasteiger partial charge in [0.25, 0.3) is 5.91 Å². The molecular weight excluding hydrogens is 416 g/mol. The maximum absolute atomic E-state index is 13.1. The SMILES string of the molecule is O=C(CC12CC3CC(CC(C3)C1)C2)Nc1cccc2nc(C(=O)NC3CCCCC3O)cn12. The second-order valence-electron chi connectivity index (χ2n) is 11.3. The average molecular weight is 451 g/mol. The summed E-state index contributed by atoms with van der Waals surface area (Å²) < 4.78 is 1.78. The van der Waals surface area contributed by atoms with E-state index in [9.17, 15) is 14.7 Å². The molecule has 33 heavy (non-hydrogen) atoms. The van der Waals surface area contributed by atoms with Crippen LogP contribution >= 0.6 is 0 Å². The zero-order chi connectivity index (χ0) is 22.6. The number of anilines is 1. The Hall–Kier alpha value is -2.41. The molecule has 0 aromatic carbocycles. The number of carbonyl (C=O) groups excluding carboxylic acids is 2. The molecule has 7 nitrogen and oxygen atoms in total. The number of aliphatic hydroxyl groups excluding tert-OH is 1. The van der Waals surface area contributed by atoms with Crippen molar-refractivity contribution in [1.82, 2.24) is 14.7 Å². The number of carbonyl (C=O) groups is 2. The van der Waals surface area contributed by atoms with Crippen LogP contribution < -0.4 is 10.6 Å². The van der Waals surface area contributed by atoms with E-state index in [1.165, 1.54) is 38.5 Å². The van der Waals surface area contributed by atoms with Crippen LogP contribution in [0.1, 0.15) is 81.1 Å². The van der Waals surface area contributed by atoms with Crippen LogP contribution in [0.3, 0.4) is 0 Å². The molecule has 0 aliphatic heterocycles. The smallest absolute Gasteiger partial charge is 0.271 e. The fourth-order valence-electron chi connectivity index (χ4n) is 7.78. The van der Waals surface area contributed by atoms with Crippen molar-refractivity contribution in [2.24, 2.45) is 23.2 Å². The van der Waals surface area contributed by atoms with Crippen molar-refractivity contribution in [1.29, 1.82) is 0 Å². The second kappa shape index (κ2) is 8.12. The first-order chi connectivity index (χ1) is 16.0. The third-order valence-electron chi connectivity index (χ3n) is 8.74. The highest BCUT2D eigenvalue weighted by atomic mass is 16.3. The van der Waals surface area contributed by atoms with Gasteiger partial charge in [-0.3, -0.25) is 14.0 Å². The van der Waals surface area contributed by atoms with Gasteiger partial charge in [-0.2, -0.15) is 0 Å². The fourth-order valence-corrected chi connectivity index (χ4v) is 7.78. The van der Waals surface area contributed by atoms with Crippen LogP contribution in [0.4, 0.5) is 5.82 Å². The Bertz CT molecular complexity index is 1040. The number of nitrogens with one attached hydrogen (secondary N) is 2. The molecule has 7 heteroatoms. The molecule has 2 amide bonds. The van der Waals surface area contributed by atoms with Gasteiger partial charge >= 0.3 is 0 Å². The third kappa shape index (κ3) is 4.05. The summed E-state index contributed by atoms with van der Waals surface area (Å²) in [7, 11) is 0. The summed E-state index contributed by atoms with van der Waals surface area (Å²) in [6.45, 7) is 0. The van der Waals surface area contributed by atoms with E-state index in [0.29, 0.717) is 23.6 Å². The highest BCUT2D eigenvalue weighted by Crippen LogP contribution is 2.61. The molecule has 176 valence electrons. The number of rotatable bonds is 5. The number of fused-ring (bicyclic) bond motifs is 1. The lowest BCUT2D eigenvalue weighted by Crippen LogP contribution is -2.47. The van der Waals surface area contributed by atoms with Crippen LogP contribution in [0.5, 0.6) is 0 Å². The van der Waals surface area contributed by atoms with Crippen molar-refractivity contribution in [2.45, 2.75) is 82.8 Å². The minimum Gasteiger partial charge on any atom is -0.391 e.